The highest BCUT2D eigenvalue weighted by Crippen LogP contribution is 2.17. The Morgan fingerprint density at radius 3 is 2.50 bits per heavy atom. The first-order valence-corrected chi connectivity index (χ1v) is 5.92. The van der Waals surface area contributed by atoms with Crippen LogP contribution in [0.1, 0.15) is 44.4 Å². The lowest BCUT2D eigenvalue weighted by molar-refractivity contribution is -0.125. The summed E-state index contributed by atoms with van der Waals surface area (Å²) in [6.07, 6.45) is 0.881. The van der Waals surface area contributed by atoms with E-state index in [9.17, 15) is 4.79 Å². The molecule has 0 spiro atoms. The van der Waals surface area contributed by atoms with Gasteiger partial charge in [-0.05, 0) is 31.4 Å². The minimum absolute atomic E-state index is 0.0858. The van der Waals surface area contributed by atoms with E-state index in [0.29, 0.717) is 0 Å². The lowest BCUT2D eigenvalue weighted by Crippen LogP contribution is -2.31. The van der Waals surface area contributed by atoms with Crippen LogP contribution in [0.5, 0.6) is 0 Å². The summed E-state index contributed by atoms with van der Waals surface area (Å²) in [5, 5.41) is 3.05. The normalized spacial score (nSPS) is 14.2. The van der Waals surface area contributed by atoms with Crippen molar-refractivity contribution in [3.05, 3.63) is 35.4 Å². The molecule has 1 N–H and O–H groups in total. The van der Waals surface area contributed by atoms with E-state index in [1.807, 2.05) is 32.9 Å². The zero-order valence-electron chi connectivity index (χ0n) is 10.6. The number of benzene rings is 1. The molecule has 16 heavy (non-hydrogen) atoms. The van der Waals surface area contributed by atoms with Crippen LogP contribution >= 0.6 is 0 Å². The van der Waals surface area contributed by atoms with Crippen molar-refractivity contribution in [3.63, 3.8) is 0 Å². The second-order valence-corrected chi connectivity index (χ2v) is 4.40. The standard InChI is InChI=1S/C14H21NO/c1-5-10(2)14(16)15-12(4)13-9-7-6-8-11(13)3/h6-10,12H,5H2,1-4H3,(H,15,16). The van der Waals surface area contributed by atoms with Crippen molar-refractivity contribution in [1.82, 2.24) is 5.32 Å². The molecule has 2 heteroatoms. The predicted molar refractivity (Wildman–Crippen MR) is 67.2 cm³/mol. The Hall–Kier alpha value is -1.31. The molecular formula is C14H21NO. The molecule has 1 amide bonds. The fourth-order valence-electron chi connectivity index (χ4n) is 1.69. The van der Waals surface area contributed by atoms with Gasteiger partial charge >= 0.3 is 0 Å². The highest BCUT2D eigenvalue weighted by Gasteiger charge is 2.15. The molecule has 0 fully saturated rings. The first kappa shape index (κ1) is 12.8. The Kier molecular flexibility index (Phi) is 4.53. The van der Waals surface area contributed by atoms with Gasteiger partial charge in [0.2, 0.25) is 5.91 Å². The zero-order chi connectivity index (χ0) is 12.1. The van der Waals surface area contributed by atoms with Gasteiger partial charge in [-0.15, -0.1) is 0 Å². The molecule has 2 unspecified atom stereocenters. The van der Waals surface area contributed by atoms with Gasteiger partial charge in [0.1, 0.15) is 0 Å². The number of amides is 1. The highest BCUT2D eigenvalue weighted by atomic mass is 16.1. The van der Waals surface area contributed by atoms with E-state index >= 15 is 0 Å². The molecular weight excluding hydrogens is 198 g/mol. The molecule has 88 valence electrons. The van der Waals surface area contributed by atoms with Gasteiger partial charge in [-0.25, -0.2) is 0 Å². The molecule has 1 aromatic rings. The summed E-state index contributed by atoms with van der Waals surface area (Å²) in [7, 11) is 0. The molecule has 2 nitrogen and oxygen atoms in total. The molecule has 0 aliphatic heterocycles. The molecule has 1 aromatic carbocycles. The van der Waals surface area contributed by atoms with Crippen LogP contribution in [0.4, 0.5) is 0 Å². The molecule has 0 saturated carbocycles. The van der Waals surface area contributed by atoms with Gasteiger partial charge in [-0.2, -0.15) is 0 Å². The van der Waals surface area contributed by atoms with Crippen molar-refractivity contribution in [2.45, 2.75) is 40.2 Å². The lowest BCUT2D eigenvalue weighted by Gasteiger charge is -2.18. The summed E-state index contributed by atoms with van der Waals surface area (Å²) in [6, 6.07) is 8.25. The van der Waals surface area contributed by atoms with E-state index in [-0.39, 0.29) is 17.9 Å². The maximum absolute atomic E-state index is 11.8. The summed E-state index contributed by atoms with van der Waals surface area (Å²) in [5.74, 6) is 0.227. The van der Waals surface area contributed by atoms with E-state index in [2.05, 4.69) is 24.4 Å². The van der Waals surface area contributed by atoms with E-state index in [4.69, 9.17) is 0 Å². The SMILES string of the molecule is CCC(C)C(=O)NC(C)c1ccccc1C. The molecule has 0 heterocycles. The van der Waals surface area contributed by atoms with Gasteiger partial charge in [0.05, 0.1) is 6.04 Å². The minimum atomic E-state index is 0.0858. The monoisotopic (exact) mass is 219 g/mol. The first-order valence-electron chi connectivity index (χ1n) is 5.92. The second-order valence-electron chi connectivity index (χ2n) is 4.40. The molecule has 2 atom stereocenters. The van der Waals surface area contributed by atoms with Crippen LogP contribution in [0.2, 0.25) is 0 Å². The predicted octanol–water partition coefficient (Wildman–Crippen LogP) is 3.22. The molecule has 1 rings (SSSR count). The number of aryl methyl sites for hydroxylation is 1. The maximum Gasteiger partial charge on any atom is 0.223 e. The summed E-state index contributed by atoms with van der Waals surface area (Å²) >= 11 is 0. The van der Waals surface area contributed by atoms with E-state index in [0.717, 1.165) is 6.42 Å². The summed E-state index contributed by atoms with van der Waals surface area (Å²) in [4.78, 5) is 11.8. The third-order valence-electron chi connectivity index (χ3n) is 3.07. The van der Waals surface area contributed by atoms with Gasteiger partial charge in [0.15, 0.2) is 0 Å². The number of carbonyl (C=O) groups is 1. The third-order valence-corrected chi connectivity index (χ3v) is 3.07. The summed E-state index contributed by atoms with van der Waals surface area (Å²) < 4.78 is 0. The van der Waals surface area contributed by atoms with E-state index in [1.54, 1.807) is 0 Å². The number of hydrogen-bond donors (Lipinski definition) is 1. The number of hydrogen-bond acceptors (Lipinski definition) is 1. The second kappa shape index (κ2) is 5.69. The number of nitrogens with one attached hydrogen (secondary N) is 1. The third kappa shape index (κ3) is 3.09. The van der Waals surface area contributed by atoms with Crippen LogP contribution in [-0.4, -0.2) is 5.91 Å². The smallest absolute Gasteiger partial charge is 0.223 e. The zero-order valence-corrected chi connectivity index (χ0v) is 10.6. The van der Waals surface area contributed by atoms with Crippen LogP contribution in [0.25, 0.3) is 0 Å². The molecule has 0 bridgehead atoms. The molecule has 0 saturated heterocycles. The fourth-order valence-corrected chi connectivity index (χ4v) is 1.69. The van der Waals surface area contributed by atoms with Crippen LogP contribution in [0, 0.1) is 12.8 Å². The van der Waals surface area contributed by atoms with Gasteiger partial charge in [-0.1, -0.05) is 38.1 Å². The van der Waals surface area contributed by atoms with Crippen molar-refractivity contribution in [2.24, 2.45) is 5.92 Å². The number of carbonyl (C=O) groups excluding carboxylic acids is 1. The maximum atomic E-state index is 11.8. The van der Waals surface area contributed by atoms with Crippen LogP contribution in [0.3, 0.4) is 0 Å². The Labute approximate surface area is 98.1 Å². The molecule has 0 radical (unpaired) electrons. The van der Waals surface area contributed by atoms with E-state index < -0.39 is 0 Å². The molecule has 0 aromatic heterocycles. The van der Waals surface area contributed by atoms with Crippen molar-refractivity contribution in [2.75, 3.05) is 0 Å². The Morgan fingerprint density at radius 1 is 1.31 bits per heavy atom. The Bertz CT molecular complexity index is 360. The average molecular weight is 219 g/mol. The lowest BCUT2D eigenvalue weighted by atomic mass is 10.0. The van der Waals surface area contributed by atoms with Crippen molar-refractivity contribution >= 4 is 5.91 Å². The van der Waals surface area contributed by atoms with Crippen LogP contribution < -0.4 is 5.32 Å². The van der Waals surface area contributed by atoms with Crippen molar-refractivity contribution in [1.29, 1.82) is 0 Å². The van der Waals surface area contributed by atoms with Gasteiger partial charge in [0, 0.05) is 5.92 Å². The van der Waals surface area contributed by atoms with Gasteiger partial charge in [0.25, 0.3) is 0 Å². The minimum Gasteiger partial charge on any atom is -0.349 e. The Balaban J connectivity index is 2.69. The quantitative estimate of drug-likeness (QED) is 0.827. The first-order chi connectivity index (χ1) is 7.56. The van der Waals surface area contributed by atoms with Crippen LogP contribution in [0.15, 0.2) is 24.3 Å². The fraction of sp³-hybridized carbons (Fsp3) is 0.500. The Morgan fingerprint density at radius 2 is 1.94 bits per heavy atom. The van der Waals surface area contributed by atoms with Crippen molar-refractivity contribution in [3.8, 4) is 0 Å². The van der Waals surface area contributed by atoms with Crippen LogP contribution in [-0.2, 0) is 4.79 Å². The van der Waals surface area contributed by atoms with Gasteiger partial charge in [-0.3, -0.25) is 4.79 Å². The van der Waals surface area contributed by atoms with E-state index in [1.165, 1.54) is 11.1 Å². The summed E-state index contributed by atoms with van der Waals surface area (Å²) in [5.41, 5.74) is 2.42. The molecule has 0 aliphatic rings. The largest absolute Gasteiger partial charge is 0.349 e. The van der Waals surface area contributed by atoms with Crippen molar-refractivity contribution < 1.29 is 4.79 Å². The summed E-state index contributed by atoms with van der Waals surface area (Å²) in [6.45, 7) is 8.09. The average Bonchev–Trinajstić information content (AvgIpc) is 2.28. The van der Waals surface area contributed by atoms with Gasteiger partial charge < -0.3 is 5.32 Å². The highest BCUT2D eigenvalue weighted by molar-refractivity contribution is 5.78. The topological polar surface area (TPSA) is 29.1 Å². The molecule has 0 aliphatic carbocycles. The number of rotatable bonds is 4.